The second-order valence-electron chi connectivity index (χ2n) is 5.32. The van der Waals surface area contributed by atoms with E-state index in [4.69, 9.17) is 5.11 Å². The summed E-state index contributed by atoms with van der Waals surface area (Å²) in [5.41, 5.74) is 5.86. The van der Waals surface area contributed by atoms with Crippen LogP contribution in [0.4, 0.5) is 5.69 Å². The van der Waals surface area contributed by atoms with Gasteiger partial charge < -0.3 is 10.0 Å². The summed E-state index contributed by atoms with van der Waals surface area (Å²) in [4.78, 5) is 14.2. The zero-order valence-electron chi connectivity index (χ0n) is 14.1. The number of rotatable bonds is 7. The Labute approximate surface area is 142 Å². The first-order valence-electron chi connectivity index (χ1n) is 8.06. The van der Waals surface area contributed by atoms with Gasteiger partial charge in [-0.25, -0.2) is 5.43 Å². The smallest absolute Gasteiger partial charge is 0.271 e. The van der Waals surface area contributed by atoms with Crippen molar-refractivity contribution in [2.75, 3.05) is 18.0 Å². The van der Waals surface area contributed by atoms with Crippen molar-refractivity contribution in [3.63, 3.8) is 0 Å². The second kappa shape index (κ2) is 8.84. The summed E-state index contributed by atoms with van der Waals surface area (Å²) < 4.78 is 0. The van der Waals surface area contributed by atoms with Crippen LogP contribution >= 0.6 is 0 Å². The van der Waals surface area contributed by atoms with Crippen LogP contribution < -0.4 is 10.3 Å². The van der Waals surface area contributed by atoms with Gasteiger partial charge in [0.15, 0.2) is 0 Å². The van der Waals surface area contributed by atoms with E-state index in [1.54, 1.807) is 30.5 Å². The number of hydrogen-bond donors (Lipinski definition) is 2. The molecule has 2 aromatic rings. The van der Waals surface area contributed by atoms with Crippen LogP contribution in [0.1, 0.15) is 35.3 Å². The predicted octanol–water partition coefficient (Wildman–Crippen LogP) is 2.79. The topological polar surface area (TPSA) is 64.9 Å². The monoisotopic (exact) mass is 325 g/mol. The molecule has 0 heterocycles. The molecule has 0 aliphatic carbocycles. The van der Waals surface area contributed by atoms with Gasteiger partial charge >= 0.3 is 0 Å². The van der Waals surface area contributed by atoms with Crippen LogP contribution in [0.2, 0.25) is 0 Å². The third-order valence-corrected chi connectivity index (χ3v) is 3.80. The van der Waals surface area contributed by atoms with Crippen LogP contribution in [0.3, 0.4) is 0 Å². The molecular weight excluding hydrogens is 302 g/mol. The highest BCUT2D eigenvalue weighted by molar-refractivity contribution is 5.94. The molecule has 2 rings (SSSR count). The molecule has 2 N–H and O–H groups in total. The lowest BCUT2D eigenvalue weighted by atomic mass is 10.1. The van der Waals surface area contributed by atoms with Crippen molar-refractivity contribution >= 4 is 17.8 Å². The Bertz CT molecular complexity index is 675. The van der Waals surface area contributed by atoms with Gasteiger partial charge in [0, 0.05) is 24.3 Å². The Morgan fingerprint density at radius 3 is 2.25 bits per heavy atom. The van der Waals surface area contributed by atoms with E-state index in [1.807, 2.05) is 24.3 Å². The van der Waals surface area contributed by atoms with Crippen molar-refractivity contribution in [3.05, 3.63) is 65.2 Å². The molecule has 0 aliphatic heterocycles. The van der Waals surface area contributed by atoms with Crippen LogP contribution in [-0.4, -0.2) is 30.3 Å². The fraction of sp³-hybridized carbons (Fsp3) is 0.263. The molecule has 0 atom stereocenters. The Morgan fingerprint density at radius 1 is 1.08 bits per heavy atom. The van der Waals surface area contributed by atoms with Gasteiger partial charge in [-0.2, -0.15) is 5.10 Å². The maximum atomic E-state index is 12.0. The van der Waals surface area contributed by atoms with Crippen LogP contribution in [0, 0.1) is 0 Å². The maximum Gasteiger partial charge on any atom is 0.271 e. The number of nitrogens with one attached hydrogen (secondary N) is 1. The quantitative estimate of drug-likeness (QED) is 0.608. The molecule has 2 aromatic carbocycles. The minimum Gasteiger partial charge on any atom is -0.392 e. The molecule has 0 bridgehead atoms. The second-order valence-corrected chi connectivity index (χ2v) is 5.32. The highest BCUT2D eigenvalue weighted by Gasteiger charge is 2.04. The normalized spacial score (nSPS) is 10.8. The summed E-state index contributed by atoms with van der Waals surface area (Å²) >= 11 is 0. The minimum atomic E-state index is -0.282. The van der Waals surface area contributed by atoms with E-state index < -0.39 is 0 Å². The highest BCUT2D eigenvalue weighted by atomic mass is 16.3. The van der Waals surface area contributed by atoms with Gasteiger partial charge in [-0.15, -0.1) is 0 Å². The molecule has 0 spiro atoms. The van der Waals surface area contributed by atoms with E-state index in [1.165, 1.54) is 5.69 Å². The first kappa shape index (κ1) is 17.7. The lowest BCUT2D eigenvalue weighted by Crippen LogP contribution is -2.21. The summed E-state index contributed by atoms with van der Waals surface area (Å²) in [7, 11) is 0. The first-order valence-corrected chi connectivity index (χ1v) is 8.06. The van der Waals surface area contributed by atoms with E-state index in [0.717, 1.165) is 24.2 Å². The van der Waals surface area contributed by atoms with Gasteiger partial charge in [-0.1, -0.05) is 24.3 Å². The fourth-order valence-corrected chi connectivity index (χ4v) is 2.35. The summed E-state index contributed by atoms with van der Waals surface area (Å²) in [6.45, 7) is 6.15. The number of hydrogen-bond acceptors (Lipinski definition) is 4. The maximum absolute atomic E-state index is 12.0. The van der Waals surface area contributed by atoms with Gasteiger partial charge in [-0.3, -0.25) is 4.79 Å². The molecule has 5 nitrogen and oxygen atoms in total. The van der Waals surface area contributed by atoms with E-state index in [9.17, 15) is 4.79 Å². The number of benzene rings is 2. The van der Waals surface area contributed by atoms with E-state index in [-0.39, 0.29) is 12.5 Å². The SMILES string of the molecule is CCN(CC)c1ccc(/C=N/NC(=O)c2ccc(CO)cc2)cc1. The van der Waals surface area contributed by atoms with Crippen LogP contribution in [0.5, 0.6) is 0 Å². The fourth-order valence-electron chi connectivity index (χ4n) is 2.35. The Morgan fingerprint density at radius 2 is 1.71 bits per heavy atom. The zero-order valence-corrected chi connectivity index (χ0v) is 14.1. The Balaban J connectivity index is 1.94. The average Bonchev–Trinajstić information content (AvgIpc) is 2.64. The van der Waals surface area contributed by atoms with Gasteiger partial charge in [0.25, 0.3) is 5.91 Å². The van der Waals surface area contributed by atoms with Crippen LogP contribution in [0.25, 0.3) is 0 Å². The number of anilines is 1. The molecule has 1 amide bonds. The summed E-state index contributed by atoms with van der Waals surface area (Å²) in [6, 6.07) is 14.8. The largest absolute Gasteiger partial charge is 0.392 e. The summed E-state index contributed by atoms with van der Waals surface area (Å²) in [6.07, 6.45) is 1.62. The molecule has 0 aromatic heterocycles. The molecule has 0 saturated carbocycles. The van der Waals surface area contributed by atoms with Crippen molar-refractivity contribution in [2.45, 2.75) is 20.5 Å². The summed E-state index contributed by atoms with van der Waals surface area (Å²) in [5.74, 6) is -0.282. The number of amides is 1. The number of aliphatic hydroxyl groups is 1. The molecule has 0 unspecified atom stereocenters. The van der Waals surface area contributed by atoms with Gasteiger partial charge in [0.1, 0.15) is 0 Å². The van der Waals surface area contributed by atoms with E-state index in [2.05, 4.69) is 29.3 Å². The van der Waals surface area contributed by atoms with E-state index >= 15 is 0 Å². The number of nitrogens with zero attached hydrogens (tertiary/aromatic N) is 2. The van der Waals surface area contributed by atoms with Crippen molar-refractivity contribution in [2.24, 2.45) is 5.10 Å². The van der Waals surface area contributed by atoms with Gasteiger partial charge in [-0.05, 0) is 49.2 Å². The molecule has 0 fully saturated rings. The molecule has 0 aliphatic rings. The number of aliphatic hydroxyl groups excluding tert-OH is 1. The highest BCUT2D eigenvalue weighted by Crippen LogP contribution is 2.14. The molecule has 0 saturated heterocycles. The third-order valence-electron chi connectivity index (χ3n) is 3.80. The number of carbonyl (C=O) groups excluding carboxylic acids is 1. The van der Waals surface area contributed by atoms with Crippen molar-refractivity contribution in [1.29, 1.82) is 0 Å². The van der Waals surface area contributed by atoms with Crippen LogP contribution in [0.15, 0.2) is 53.6 Å². The minimum absolute atomic E-state index is 0.0382. The Hall–Kier alpha value is -2.66. The molecule has 0 radical (unpaired) electrons. The van der Waals surface area contributed by atoms with Crippen molar-refractivity contribution < 1.29 is 9.90 Å². The molecule has 24 heavy (non-hydrogen) atoms. The predicted molar refractivity (Wildman–Crippen MR) is 97.4 cm³/mol. The summed E-state index contributed by atoms with van der Waals surface area (Å²) in [5, 5.41) is 13.0. The lowest BCUT2D eigenvalue weighted by Gasteiger charge is -2.20. The van der Waals surface area contributed by atoms with Crippen molar-refractivity contribution in [3.8, 4) is 0 Å². The standard InChI is InChI=1S/C19H23N3O2/c1-3-22(4-2)18-11-7-15(8-12-18)13-20-21-19(24)17-9-5-16(14-23)6-10-17/h5-13,23H,3-4,14H2,1-2H3,(H,21,24)/b20-13+. The van der Waals surface area contributed by atoms with Crippen molar-refractivity contribution in [1.82, 2.24) is 5.43 Å². The zero-order chi connectivity index (χ0) is 17.4. The molecular formula is C19H23N3O2. The van der Waals surface area contributed by atoms with Gasteiger partial charge in [0.05, 0.1) is 12.8 Å². The first-order chi connectivity index (χ1) is 11.7. The van der Waals surface area contributed by atoms with Crippen LogP contribution in [-0.2, 0) is 6.61 Å². The third kappa shape index (κ3) is 4.67. The average molecular weight is 325 g/mol. The molecule has 126 valence electrons. The molecule has 5 heteroatoms. The lowest BCUT2D eigenvalue weighted by molar-refractivity contribution is 0.0955. The van der Waals surface area contributed by atoms with Gasteiger partial charge in [0.2, 0.25) is 0 Å². The number of carbonyl (C=O) groups is 1. The Kier molecular flexibility index (Phi) is 6.51. The number of hydrazone groups is 1. The van der Waals surface area contributed by atoms with E-state index in [0.29, 0.717) is 5.56 Å².